The van der Waals surface area contributed by atoms with Crippen molar-refractivity contribution >= 4 is 0 Å². The number of nitrogens with zero attached hydrogens (tertiary/aromatic N) is 3. The lowest BCUT2D eigenvalue weighted by molar-refractivity contribution is 0.264. The maximum atomic E-state index is 5.35. The minimum Gasteiger partial charge on any atom is -0.338 e. The molecule has 24 heavy (non-hydrogen) atoms. The summed E-state index contributed by atoms with van der Waals surface area (Å²) >= 11 is 0. The molecule has 0 unspecified atom stereocenters. The topological polar surface area (TPSA) is 63.8 Å². The highest BCUT2D eigenvalue weighted by Gasteiger charge is 2.21. The molecule has 130 valence electrons. The van der Waals surface area contributed by atoms with Gasteiger partial charge in [-0.1, -0.05) is 37.8 Å². The van der Waals surface area contributed by atoms with Crippen molar-refractivity contribution in [1.82, 2.24) is 20.4 Å². The number of rotatable bonds is 8. The quantitative estimate of drug-likeness (QED) is 0.729. The highest BCUT2D eigenvalue weighted by molar-refractivity contribution is 5.52. The van der Waals surface area contributed by atoms with Crippen molar-refractivity contribution in [1.29, 1.82) is 0 Å². The molecule has 5 heteroatoms. The Morgan fingerprint density at radius 1 is 1.12 bits per heavy atom. The standard InChI is InChI=1S/C19H28N4O/c1-2-3-4-5-15-6-8-17(9-7-15)21-14-18-22-19(23-24-18)16-10-12-20-13-11-16/h10-13,15,17,21H,2-9,14H2,1H3. The molecule has 0 aliphatic heterocycles. The molecule has 0 amide bonds. The Labute approximate surface area is 144 Å². The van der Waals surface area contributed by atoms with Gasteiger partial charge in [-0.05, 0) is 43.7 Å². The van der Waals surface area contributed by atoms with Crippen LogP contribution in [0.25, 0.3) is 11.4 Å². The van der Waals surface area contributed by atoms with Crippen molar-refractivity contribution in [2.24, 2.45) is 5.92 Å². The molecule has 2 aromatic rings. The van der Waals surface area contributed by atoms with E-state index in [1.165, 1.54) is 51.4 Å². The highest BCUT2D eigenvalue weighted by Crippen LogP contribution is 2.28. The molecule has 0 radical (unpaired) electrons. The third-order valence-electron chi connectivity index (χ3n) is 5.01. The van der Waals surface area contributed by atoms with Crippen LogP contribution in [0.4, 0.5) is 0 Å². The van der Waals surface area contributed by atoms with Crippen molar-refractivity contribution in [3.8, 4) is 11.4 Å². The minimum absolute atomic E-state index is 0.587. The Balaban J connectivity index is 1.40. The third kappa shape index (κ3) is 4.87. The predicted octanol–water partition coefficient (Wildman–Crippen LogP) is 4.36. The summed E-state index contributed by atoms with van der Waals surface area (Å²) in [5.74, 6) is 2.23. The Kier molecular flexibility index (Phi) is 6.35. The molecule has 0 aromatic carbocycles. The lowest BCUT2D eigenvalue weighted by atomic mass is 9.83. The van der Waals surface area contributed by atoms with Gasteiger partial charge in [0.15, 0.2) is 0 Å². The second kappa shape index (κ2) is 8.92. The van der Waals surface area contributed by atoms with E-state index in [0.29, 0.717) is 24.3 Å². The average Bonchev–Trinajstić information content (AvgIpc) is 3.11. The Bertz CT molecular complexity index is 590. The number of hydrogen-bond donors (Lipinski definition) is 1. The van der Waals surface area contributed by atoms with E-state index in [-0.39, 0.29) is 0 Å². The largest absolute Gasteiger partial charge is 0.338 e. The van der Waals surface area contributed by atoms with Gasteiger partial charge >= 0.3 is 0 Å². The minimum atomic E-state index is 0.587. The van der Waals surface area contributed by atoms with Crippen molar-refractivity contribution in [2.45, 2.75) is 70.9 Å². The van der Waals surface area contributed by atoms with Gasteiger partial charge in [-0.2, -0.15) is 4.98 Å². The summed E-state index contributed by atoms with van der Waals surface area (Å²) in [5, 5.41) is 7.63. The van der Waals surface area contributed by atoms with Crippen LogP contribution in [0.15, 0.2) is 29.0 Å². The summed E-state index contributed by atoms with van der Waals surface area (Å²) in [6.07, 6.45) is 14.2. The fourth-order valence-electron chi connectivity index (χ4n) is 3.51. The maximum Gasteiger partial charge on any atom is 0.240 e. The molecular weight excluding hydrogens is 300 g/mol. The molecule has 2 aromatic heterocycles. The smallest absolute Gasteiger partial charge is 0.240 e. The van der Waals surface area contributed by atoms with Crippen molar-refractivity contribution in [3.63, 3.8) is 0 Å². The Morgan fingerprint density at radius 2 is 1.92 bits per heavy atom. The zero-order valence-electron chi connectivity index (χ0n) is 14.6. The van der Waals surface area contributed by atoms with Gasteiger partial charge in [0.25, 0.3) is 0 Å². The normalized spacial score (nSPS) is 21.0. The molecule has 1 aliphatic rings. The molecule has 0 spiro atoms. The number of aromatic nitrogens is 3. The zero-order valence-corrected chi connectivity index (χ0v) is 14.6. The number of unbranched alkanes of at least 4 members (excludes halogenated alkanes) is 2. The zero-order chi connectivity index (χ0) is 16.6. The molecule has 2 heterocycles. The van der Waals surface area contributed by atoms with E-state index in [1.54, 1.807) is 12.4 Å². The summed E-state index contributed by atoms with van der Waals surface area (Å²) in [4.78, 5) is 8.47. The van der Waals surface area contributed by atoms with Gasteiger partial charge in [0.1, 0.15) is 0 Å². The van der Waals surface area contributed by atoms with Gasteiger partial charge in [0.05, 0.1) is 6.54 Å². The summed E-state index contributed by atoms with van der Waals surface area (Å²) in [5.41, 5.74) is 0.938. The van der Waals surface area contributed by atoms with E-state index < -0.39 is 0 Å². The van der Waals surface area contributed by atoms with E-state index in [4.69, 9.17) is 4.52 Å². The first kappa shape index (κ1) is 17.1. The second-order valence-corrected chi connectivity index (χ2v) is 6.84. The van der Waals surface area contributed by atoms with E-state index in [1.807, 2.05) is 12.1 Å². The average molecular weight is 328 g/mol. The summed E-state index contributed by atoms with van der Waals surface area (Å²) in [6.45, 7) is 2.93. The molecule has 1 aliphatic carbocycles. The van der Waals surface area contributed by atoms with E-state index in [2.05, 4.69) is 27.4 Å². The van der Waals surface area contributed by atoms with Gasteiger partial charge in [-0.15, -0.1) is 0 Å². The SMILES string of the molecule is CCCCCC1CCC(NCc2nc(-c3ccncc3)no2)CC1. The van der Waals surface area contributed by atoms with Crippen LogP contribution in [0.5, 0.6) is 0 Å². The van der Waals surface area contributed by atoms with Crippen LogP contribution >= 0.6 is 0 Å². The first-order chi connectivity index (χ1) is 11.8. The summed E-state index contributed by atoms with van der Waals surface area (Å²) in [7, 11) is 0. The molecular formula is C19H28N4O. The van der Waals surface area contributed by atoms with Crippen LogP contribution < -0.4 is 5.32 Å². The molecule has 5 nitrogen and oxygen atoms in total. The fraction of sp³-hybridized carbons (Fsp3) is 0.632. The van der Waals surface area contributed by atoms with Gasteiger partial charge in [0.2, 0.25) is 11.7 Å². The van der Waals surface area contributed by atoms with Crippen molar-refractivity contribution in [2.75, 3.05) is 0 Å². The lowest BCUT2D eigenvalue weighted by Crippen LogP contribution is -2.32. The van der Waals surface area contributed by atoms with Gasteiger partial charge in [0, 0.05) is 24.0 Å². The molecule has 0 atom stereocenters. The van der Waals surface area contributed by atoms with Gasteiger partial charge in [-0.3, -0.25) is 4.98 Å². The third-order valence-corrected chi connectivity index (χ3v) is 5.01. The first-order valence-corrected chi connectivity index (χ1v) is 9.31. The fourth-order valence-corrected chi connectivity index (χ4v) is 3.51. The van der Waals surface area contributed by atoms with Crippen LogP contribution in [0.1, 0.15) is 64.2 Å². The predicted molar refractivity (Wildman–Crippen MR) is 94.3 cm³/mol. The van der Waals surface area contributed by atoms with Crippen molar-refractivity contribution < 1.29 is 4.52 Å². The molecule has 3 rings (SSSR count). The molecule has 1 N–H and O–H groups in total. The summed E-state index contributed by atoms with van der Waals surface area (Å²) < 4.78 is 5.35. The van der Waals surface area contributed by atoms with E-state index in [0.717, 1.165) is 11.5 Å². The van der Waals surface area contributed by atoms with Crippen LogP contribution in [0.2, 0.25) is 0 Å². The second-order valence-electron chi connectivity index (χ2n) is 6.84. The maximum absolute atomic E-state index is 5.35. The first-order valence-electron chi connectivity index (χ1n) is 9.31. The van der Waals surface area contributed by atoms with Crippen LogP contribution in [-0.4, -0.2) is 21.2 Å². The molecule has 0 saturated heterocycles. The van der Waals surface area contributed by atoms with Gasteiger partial charge < -0.3 is 9.84 Å². The molecule has 0 bridgehead atoms. The van der Waals surface area contributed by atoms with E-state index in [9.17, 15) is 0 Å². The monoisotopic (exact) mass is 328 g/mol. The molecule has 1 saturated carbocycles. The van der Waals surface area contributed by atoms with Gasteiger partial charge in [-0.25, -0.2) is 0 Å². The van der Waals surface area contributed by atoms with Crippen LogP contribution in [0.3, 0.4) is 0 Å². The molecule has 1 fully saturated rings. The number of nitrogens with one attached hydrogen (secondary N) is 1. The summed E-state index contributed by atoms with van der Waals surface area (Å²) in [6, 6.07) is 4.37. The lowest BCUT2D eigenvalue weighted by Gasteiger charge is -2.28. The van der Waals surface area contributed by atoms with Crippen LogP contribution in [-0.2, 0) is 6.54 Å². The number of hydrogen-bond acceptors (Lipinski definition) is 5. The highest BCUT2D eigenvalue weighted by atomic mass is 16.5. The Morgan fingerprint density at radius 3 is 2.67 bits per heavy atom. The van der Waals surface area contributed by atoms with Crippen LogP contribution in [0, 0.1) is 5.92 Å². The van der Waals surface area contributed by atoms with E-state index >= 15 is 0 Å². The Hall–Kier alpha value is -1.75. The number of pyridine rings is 1. The van der Waals surface area contributed by atoms with Crippen molar-refractivity contribution in [3.05, 3.63) is 30.4 Å².